The fourth-order valence-electron chi connectivity index (χ4n) is 2.94. The van der Waals surface area contributed by atoms with Crippen LogP contribution >= 0.6 is 0 Å². The fraction of sp³-hybridized carbons (Fsp3) is 1.00. The largest absolute Gasteiger partial charge is 0.396 e. The van der Waals surface area contributed by atoms with E-state index in [1.807, 2.05) is 0 Å². The second-order valence-electron chi connectivity index (χ2n) is 7.52. The van der Waals surface area contributed by atoms with E-state index in [1.54, 1.807) is 0 Å². The van der Waals surface area contributed by atoms with Gasteiger partial charge in [-0.2, -0.15) is 12.7 Å². The van der Waals surface area contributed by atoms with Gasteiger partial charge >= 0.3 is 0 Å². The molecule has 2 N–H and O–H groups in total. The summed E-state index contributed by atoms with van der Waals surface area (Å²) in [6, 6.07) is 0. The van der Waals surface area contributed by atoms with E-state index in [0.717, 1.165) is 12.8 Å². The first-order valence-electron chi connectivity index (χ1n) is 7.62. The first-order chi connectivity index (χ1) is 9.69. The summed E-state index contributed by atoms with van der Waals surface area (Å²) in [6.45, 7) is 8.79. The number of aliphatic hydroxyl groups is 1. The van der Waals surface area contributed by atoms with E-state index in [4.69, 9.17) is 4.74 Å². The van der Waals surface area contributed by atoms with Gasteiger partial charge in [-0.15, -0.1) is 0 Å². The summed E-state index contributed by atoms with van der Waals surface area (Å²) in [5, 5.41) is 9.34. The van der Waals surface area contributed by atoms with Gasteiger partial charge in [0.05, 0.1) is 25.2 Å². The molecule has 0 bridgehead atoms. The zero-order chi connectivity index (χ0) is 15.7. The summed E-state index contributed by atoms with van der Waals surface area (Å²) in [5.74, 6) is 0.563. The minimum atomic E-state index is -3.46. The summed E-state index contributed by atoms with van der Waals surface area (Å²) in [6.07, 6.45) is 1.80. The van der Waals surface area contributed by atoms with Crippen LogP contribution in [0, 0.1) is 16.7 Å². The number of piperidine rings is 1. The van der Waals surface area contributed by atoms with E-state index in [9.17, 15) is 13.5 Å². The lowest BCUT2D eigenvalue weighted by molar-refractivity contribution is -0.132. The first-order valence-corrected chi connectivity index (χ1v) is 9.06. The highest BCUT2D eigenvalue weighted by molar-refractivity contribution is 7.87. The molecule has 0 radical (unpaired) electrons. The van der Waals surface area contributed by atoms with Gasteiger partial charge in [0.15, 0.2) is 0 Å². The van der Waals surface area contributed by atoms with Crippen molar-refractivity contribution in [2.75, 3.05) is 39.5 Å². The third-order valence-electron chi connectivity index (χ3n) is 4.80. The SMILES string of the molecule is CC(C)(C)C1CCN(S(=O)(=O)NCC2(CO)COC2)CC1. The van der Waals surface area contributed by atoms with Crippen LogP contribution in [0.1, 0.15) is 33.6 Å². The Kier molecular flexibility index (Phi) is 5.00. The Bertz CT molecular complexity index is 441. The summed E-state index contributed by atoms with van der Waals surface area (Å²) in [7, 11) is -3.46. The molecule has 2 aliphatic heterocycles. The molecular weight excluding hydrogens is 292 g/mol. The third kappa shape index (κ3) is 3.96. The Morgan fingerprint density at radius 2 is 1.86 bits per heavy atom. The van der Waals surface area contributed by atoms with Crippen LogP contribution in [0.15, 0.2) is 0 Å². The van der Waals surface area contributed by atoms with Crippen LogP contribution in [0.5, 0.6) is 0 Å². The fourth-order valence-corrected chi connectivity index (χ4v) is 4.30. The van der Waals surface area contributed by atoms with Gasteiger partial charge in [0.2, 0.25) is 0 Å². The predicted molar refractivity (Wildman–Crippen MR) is 81.0 cm³/mol. The monoisotopic (exact) mass is 320 g/mol. The van der Waals surface area contributed by atoms with Crippen molar-refractivity contribution in [2.24, 2.45) is 16.7 Å². The molecule has 2 rings (SSSR count). The van der Waals surface area contributed by atoms with E-state index in [2.05, 4.69) is 25.5 Å². The third-order valence-corrected chi connectivity index (χ3v) is 6.35. The number of aliphatic hydroxyl groups excluding tert-OH is 1. The van der Waals surface area contributed by atoms with Crippen molar-refractivity contribution in [1.82, 2.24) is 9.03 Å². The molecule has 2 heterocycles. The zero-order valence-corrected chi connectivity index (χ0v) is 14.1. The molecule has 0 aliphatic carbocycles. The minimum absolute atomic E-state index is 0.0540. The maximum Gasteiger partial charge on any atom is 0.279 e. The van der Waals surface area contributed by atoms with E-state index in [0.29, 0.717) is 32.2 Å². The van der Waals surface area contributed by atoms with E-state index < -0.39 is 15.6 Å². The van der Waals surface area contributed by atoms with Crippen LogP contribution in [-0.2, 0) is 14.9 Å². The summed E-state index contributed by atoms with van der Waals surface area (Å²) < 4.78 is 33.9. The molecule has 0 aromatic heterocycles. The molecule has 0 atom stereocenters. The second-order valence-corrected chi connectivity index (χ2v) is 9.27. The van der Waals surface area contributed by atoms with Gasteiger partial charge in [-0.25, -0.2) is 4.72 Å². The molecule has 0 aromatic carbocycles. The average Bonchev–Trinajstić information content (AvgIpc) is 2.37. The normalized spacial score (nSPS) is 24.8. The lowest BCUT2D eigenvalue weighted by Crippen LogP contribution is -2.55. The van der Waals surface area contributed by atoms with Gasteiger partial charge in [-0.1, -0.05) is 20.8 Å². The molecule has 21 heavy (non-hydrogen) atoms. The van der Waals surface area contributed by atoms with Gasteiger partial charge in [0.1, 0.15) is 0 Å². The molecule has 7 heteroatoms. The molecule has 0 spiro atoms. The minimum Gasteiger partial charge on any atom is -0.396 e. The molecule has 0 unspecified atom stereocenters. The number of nitrogens with one attached hydrogen (secondary N) is 1. The van der Waals surface area contributed by atoms with Crippen LogP contribution in [-0.4, -0.2) is 57.3 Å². The van der Waals surface area contributed by atoms with Gasteiger partial charge in [-0.05, 0) is 24.2 Å². The first kappa shape index (κ1) is 17.1. The Labute approximate surface area is 128 Å². The topological polar surface area (TPSA) is 78.9 Å². The molecule has 0 amide bonds. The van der Waals surface area contributed by atoms with Crippen LogP contribution in [0.25, 0.3) is 0 Å². The molecule has 0 aromatic rings. The van der Waals surface area contributed by atoms with Gasteiger partial charge < -0.3 is 9.84 Å². The predicted octanol–water partition coefficient (Wildman–Crippen LogP) is 0.588. The molecular formula is C14H28N2O4S. The van der Waals surface area contributed by atoms with E-state index in [-0.39, 0.29) is 18.6 Å². The molecule has 6 nitrogen and oxygen atoms in total. The standard InChI is InChI=1S/C14H28N2O4S/c1-13(2,3)12-4-6-16(7-5-12)21(18,19)15-8-14(9-17)10-20-11-14/h12,15,17H,4-11H2,1-3H3. The van der Waals surface area contributed by atoms with Crippen LogP contribution in [0.3, 0.4) is 0 Å². The smallest absolute Gasteiger partial charge is 0.279 e. The van der Waals surface area contributed by atoms with Crippen molar-refractivity contribution >= 4 is 10.2 Å². The number of nitrogens with zero attached hydrogens (tertiary/aromatic N) is 1. The molecule has 2 aliphatic rings. The van der Waals surface area contributed by atoms with Gasteiger partial charge in [0, 0.05) is 19.6 Å². The van der Waals surface area contributed by atoms with Gasteiger partial charge in [-0.3, -0.25) is 0 Å². The highest BCUT2D eigenvalue weighted by Crippen LogP contribution is 2.34. The van der Waals surface area contributed by atoms with Crippen molar-refractivity contribution in [2.45, 2.75) is 33.6 Å². The van der Waals surface area contributed by atoms with Crippen LogP contribution in [0.2, 0.25) is 0 Å². The van der Waals surface area contributed by atoms with Crippen LogP contribution in [0.4, 0.5) is 0 Å². The van der Waals surface area contributed by atoms with Crippen LogP contribution < -0.4 is 4.72 Å². The Balaban J connectivity index is 1.87. The van der Waals surface area contributed by atoms with Crippen molar-refractivity contribution in [3.63, 3.8) is 0 Å². The molecule has 124 valence electrons. The maximum absolute atomic E-state index is 12.3. The van der Waals surface area contributed by atoms with Gasteiger partial charge in [0.25, 0.3) is 10.2 Å². The quantitative estimate of drug-likeness (QED) is 0.777. The summed E-state index contributed by atoms with van der Waals surface area (Å²) >= 11 is 0. The molecule has 2 fully saturated rings. The Morgan fingerprint density at radius 1 is 1.29 bits per heavy atom. The van der Waals surface area contributed by atoms with Crippen molar-refractivity contribution in [1.29, 1.82) is 0 Å². The number of hydrogen-bond acceptors (Lipinski definition) is 4. The van der Waals surface area contributed by atoms with Crippen molar-refractivity contribution in [3.05, 3.63) is 0 Å². The number of ether oxygens (including phenoxy) is 1. The summed E-state index contributed by atoms with van der Waals surface area (Å²) in [4.78, 5) is 0. The Hall–Kier alpha value is -0.210. The Morgan fingerprint density at radius 3 is 2.24 bits per heavy atom. The highest BCUT2D eigenvalue weighted by Gasteiger charge is 2.40. The molecule has 2 saturated heterocycles. The number of rotatable bonds is 5. The average molecular weight is 320 g/mol. The van der Waals surface area contributed by atoms with Crippen molar-refractivity contribution in [3.8, 4) is 0 Å². The molecule has 0 saturated carbocycles. The maximum atomic E-state index is 12.3. The zero-order valence-electron chi connectivity index (χ0n) is 13.3. The van der Waals surface area contributed by atoms with E-state index in [1.165, 1.54) is 4.31 Å². The van der Waals surface area contributed by atoms with Crippen molar-refractivity contribution < 1.29 is 18.3 Å². The lowest BCUT2D eigenvalue weighted by atomic mass is 9.76. The van der Waals surface area contributed by atoms with E-state index >= 15 is 0 Å². The number of hydrogen-bond donors (Lipinski definition) is 2. The summed E-state index contributed by atoms with van der Waals surface area (Å²) in [5.41, 5.74) is -0.204. The lowest BCUT2D eigenvalue weighted by Gasteiger charge is -2.41. The highest BCUT2D eigenvalue weighted by atomic mass is 32.2. The second kappa shape index (κ2) is 6.12.